The Morgan fingerprint density at radius 1 is 1.26 bits per heavy atom. The molecule has 1 heterocycles. The van der Waals surface area contributed by atoms with Gasteiger partial charge in [0.1, 0.15) is 17.7 Å². The average Bonchev–Trinajstić information content (AvgIpc) is 2.89. The molecule has 0 atom stereocenters. The highest BCUT2D eigenvalue weighted by Gasteiger charge is 2.34. The molecule has 2 aromatic rings. The normalized spacial score (nSPS) is 11.3. The van der Waals surface area contributed by atoms with Crippen molar-refractivity contribution in [1.29, 1.82) is 0 Å². The zero-order chi connectivity index (χ0) is 17.4. The Kier molecular flexibility index (Phi) is 4.48. The Bertz CT molecular complexity index is 877. The topological polar surface area (TPSA) is 114 Å². The maximum absolute atomic E-state index is 12.8. The zero-order valence-corrected chi connectivity index (χ0v) is 13.9. The summed E-state index contributed by atoms with van der Waals surface area (Å²) in [6.45, 7) is 1.34. The van der Waals surface area contributed by atoms with E-state index < -0.39 is 20.8 Å². The largest absolute Gasteiger partial charge is 0.495 e. The molecule has 0 unspecified atom stereocenters. The van der Waals surface area contributed by atoms with Crippen molar-refractivity contribution in [3.63, 3.8) is 0 Å². The van der Waals surface area contributed by atoms with Crippen LogP contribution in [0.1, 0.15) is 5.82 Å². The second-order valence-electron chi connectivity index (χ2n) is 4.33. The van der Waals surface area contributed by atoms with Gasteiger partial charge in [-0.05, 0) is 4.92 Å². The molecular formula is C12H12ClN3O6S. The summed E-state index contributed by atoms with van der Waals surface area (Å²) in [6.07, 6.45) is 0.868. The number of imidazole rings is 1. The first-order valence-corrected chi connectivity index (χ1v) is 7.91. The molecule has 11 heteroatoms. The molecule has 0 fully saturated rings. The van der Waals surface area contributed by atoms with Crippen molar-refractivity contribution in [3.05, 3.63) is 39.3 Å². The molecule has 0 aliphatic heterocycles. The number of methoxy groups -OCH3 is 2. The van der Waals surface area contributed by atoms with E-state index >= 15 is 0 Å². The average molecular weight is 362 g/mol. The molecule has 124 valence electrons. The number of hydrogen-bond donors (Lipinski definition) is 0. The summed E-state index contributed by atoms with van der Waals surface area (Å²) >= 11 is 5.94. The van der Waals surface area contributed by atoms with E-state index in [9.17, 15) is 18.5 Å². The van der Waals surface area contributed by atoms with Gasteiger partial charge in [0.2, 0.25) is 5.82 Å². The van der Waals surface area contributed by atoms with Gasteiger partial charge in [-0.1, -0.05) is 15.6 Å². The van der Waals surface area contributed by atoms with E-state index in [2.05, 4.69) is 4.98 Å². The highest BCUT2D eigenvalue weighted by Crippen LogP contribution is 2.37. The Labute approximate surface area is 136 Å². The molecule has 1 aromatic carbocycles. The van der Waals surface area contributed by atoms with Crippen LogP contribution in [0.5, 0.6) is 11.5 Å². The van der Waals surface area contributed by atoms with Crippen LogP contribution in [0.3, 0.4) is 0 Å². The standard InChI is InChI=1S/C12H12ClN3O6S/c1-7-14-6-12(16(17)18)15(7)23(19,20)11-5-9(21-2)8(13)4-10(11)22-3/h4-6H,1-3H3. The Balaban J connectivity index is 2.80. The number of nitro groups is 1. The molecule has 2 rings (SSSR count). The molecular weight excluding hydrogens is 350 g/mol. The van der Waals surface area contributed by atoms with E-state index in [1.807, 2.05) is 0 Å². The monoisotopic (exact) mass is 361 g/mol. The number of benzene rings is 1. The smallest absolute Gasteiger partial charge is 0.358 e. The van der Waals surface area contributed by atoms with Crippen LogP contribution in [0.2, 0.25) is 5.02 Å². The molecule has 0 N–H and O–H groups in total. The maximum Gasteiger partial charge on any atom is 0.358 e. The van der Waals surface area contributed by atoms with E-state index in [1.165, 1.54) is 27.2 Å². The number of hydrogen-bond acceptors (Lipinski definition) is 7. The second-order valence-corrected chi connectivity index (χ2v) is 6.49. The third kappa shape index (κ3) is 2.82. The first kappa shape index (κ1) is 17.0. The number of aryl methyl sites for hydroxylation is 1. The molecule has 0 spiro atoms. The van der Waals surface area contributed by atoms with Crippen molar-refractivity contribution >= 4 is 27.4 Å². The molecule has 9 nitrogen and oxygen atoms in total. The van der Waals surface area contributed by atoms with Crippen LogP contribution < -0.4 is 9.47 Å². The summed E-state index contributed by atoms with van der Waals surface area (Å²) in [7, 11) is -1.77. The van der Waals surface area contributed by atoms with Gasteiger partial charge in [0.15, 0.2) is 4.90 Å². The summed E-state index contributed by atoms with van der Waals surface area (Å²) < 4.78 is 36.2. The van der Waals surface area contributed by atoms with Crippen LogP contribution in [-0.2, 0) is 10.0 Å². The number of rotatable bonds is 5. The van der Waals surface area contributed by atoms with Gasteiger partial charge >= 0.3 is 15.8 Å². The minimum absolute atomic E-state index is 0.0623. The van der Waals surface area contributed by atoms with Crippen molar-refractivity contribution in [2.75, 3.05) is 14.2 Å². The van der Waals surface area contributed by atoms with Gasteiger partial charge in [0, 0.05) is 19.1 Å². The van der Waals surface area contributed by atoms with Gasteiger partial charge in [-0.3, -0.25) is 0 Å². The highest BCUT2D eigenvalue weighted by atomic mass is 35.5. The van der Waals surface area contributed by atoms with Crippen molar-refractivity contribution in [2.24, 2.45) is 0 Å². The van der Waals surface area contributed by atoms with Crippen LogP contribution in [-0.4, -0.2) is 36.5 Å². The molecule has 0 amide bonds. The lowest BCUT2D eigenvalue weighted by atomic mass is 10.3. The minimum Gasteiger partial charge on any atom is -0.495 e. The second kappa shape index (κ2) is 6.05. The van der Waals surface area contributed by atoms with Gasteiger partial charge in [0.25, 0.3) is 0 Å². The molecule has 0 aliphatic carbocycles. The first-order valence-electron chi connectivity index (χ1n) is 6.09. The van der Waals surface area contributed by atoms with E-state index in [4.69, 9.17) is 21.1 Å². The lowest BCUT2D eigenvalue weighted by Crippen LogP contribution is -2.17. The Morgan fingerprint density at radius 3 is 2.39 bits per heavy atom. The van der Waals surface area contributed by atoms with E-state index in [0.29, 0.717) is 3.97 Å². The predicted molar refractivity (Wildman–Crippen MR) is 80.8 cm³/mol. The number of halogens is 1. The summed E-state index contributed by atoms with van der Waals surface area (Å²) in [5.74, 6) is -0.726. The SMILES string of the molecule is COc1cc(S(=O)(=O)n2c([N+](=O)[O-])cnc2C)c(OC)cc1Cl. The Hall–Kier alpha value is -2.33. The molecule has 0 saturated carbocycles. The third-order valence-electron chi connectivity index (χ3n) is 3.01. The summed E-state index contributed by atoms with van der Waals surface area (Å²) in [6, 6.07) is 2.39. The fourth-order valence-corrected chi connectivity index (χ4v) is 3.81. The van der Waals surface area contributed by atoms with Crippen molar-refractivity contribution in [2.45, 2.75) is 11.8 Å². The molecule has 1 aromatic heterocycles. The number of nitrogens with zero attached hydrogens (tertiary/aromatic N) is 3. The third-order valence-corrected chi connectivity index (χ3v) is 5.11. The van der Waals surface area contributed by atoms with E-state index in [0.717, 1.165) is 12.3 Å². The van der Waals surface area contributed by atoms with Crippen LogP contribution in [0.4, 0.5) is 5.82 Å². The Morgan fingerprint density at radius 2 is 1.87 bits per heavy atom. The van der Waals surface area contributed by atoms with Crippen LogP contribution in [0.25, 0.3) is 0 Å². The highest BCUT2D eigenvalue weighted by molar-refractivity contribution is 7.90. The summed E-state index contributed by atoms with van der Waals surface area (Å²) in [5.41, 5.74) is 0. The predicted octanol–water partition coefficient (Wildman–Crippen LogP) is 2.01. The minimum atomic E-state index is -4.35. The maximum atomic E-state index is 12.8. The van der Waals surface area contributed by atoms with Crippen LogP contribution in [0, 0.1) is 17.0 Å². The quantitative estimate of drug-likeness (QED) is 0.591. The zero-order valence-electron chi connectivity index (χ0n) is 12.3. The van der Waals surface area contributed by atoms with E-state index in [-0.39, 0.29) is 27.2 Å². The van der Waals surface area contributed by atoms with Gasteiger partial charge < -0.3 is 19.6 Å². The van der Waals surface area contributed by atoms with E-state index in [1.54, 1.807) is 0 Å². The fraction of sp³-hybridized carbons (Fsp3) is 0.250. The lowest BCUT2D eigenvalue weighted by molar-refractivity contribution is -0.390. The van der Waals surface area contributed by atoms with Crippen molar-refractivity contribution in [1.82, 2.24) is 8.96 Å². The number of aromatic nitrogens is 2. The van der Waals surface area contributed by atoms with Gasteiger partial charge in [-0.2, -0.15) is 8.42 Å². The van der Waals surface area contributed by atoms with Crippen LogP contribution in [0.15, 0.2) is 23.2 Å². The van der Waals surface area contributed by atoms with Crippen molar-refractivity contribution in [3.8, 4) is 11.5 Å². The molecule has 0 saturated heterocycles. The molecule has 23 heavy (non-hydrogen) atoms. The van der Waals surface area contributed by atoms with Gasteiger partial charge in [-0.15, -0.1) is 0 Å². The summed E-state index contributed by atoms with van der Waals surface area (Å²) in [4.78, 5) is 13.6. The first-order chi connectivity index (χ1) is 10.7. The lowest BCUT2D eigenvalue weighted by Gasteiger charge is -2.12. The molecule has 0 bridgehead atoms. The van der Waals surface area contributed by atoms with Crippen molar-refractivity contribution < 1.29 is 22.8 Å². The fourth-order valence-electron chi connectivity index (χ4n) is 1.97. The molecule has 0 radical (unpaired) electrons. The van der Waals surface area contributed by atoms with Crippen LogP contribution >= 0.6 is 11.6 Å². The van der Waals surface area contributed by atoms with Gasteiger partial charge in [0.05, 0.1) is 19.2 Å². The number of ether oxygens (including phenoxy) is 2. The van der Waals surface area contributed by atoms with Gasteiger partial charge in [-0.25, -0.2) is 4.98 Å². The molecule has 0 aliphatic rings. The summed E-state index contributed by atoms with van der Waals surface area (Å²) in [5, 5.41) is 11.2.